The molecule has 0 aromatic carbocycles. The highest BCUT2D eigenvalue weighted by Crippen LogP contribution is 2.24. The molecule has 4 heteroatoms. The van der Waals surface area contributed by atoms with Gasteiger partial charge in [0.25, 0.3) is 0 Å². The van der Waals surface area contributed by atoms with Crippen LogP contribution < -0.4 is 4.74 Å². The van der Waals surface area contributed by atoms with Crippen molar-refractivity contribution >= 4 is 5.97 Å². The molecule has 0 spiro atoms. The number of hydrogen-bond acceptors (Lipinski definition) is 2. The number of hydrogen-bond donors (Lipinski definition) is 1. The van der Waals surface area contributed by atoms with E-state index in [0.29, 0.717) is 6.61 Å². The number of carbonyl (C=O) groups is 1. The van der Waals surface area contributed by atoms with Gasteiger partial charge in [0.15, 0.2) is 5.88 Å². The van der Waals surface area contributed by atoms with Gasteiger partial charge in [-0.15, -0.1) is 0 Å². The summed E-state index contributed by atoms with van der Waals surface area (Å²) in [6.45, 7) is 1.48. The van der Waals surface area contributed by atoms with Crippen LogP contribution >= 0.6 is 0 Å². The van der Waals surface area contributed by atoms with Crippen LogP contribution in [0.5, 0.6) is 5.88 Å². The molecule has 0 amide bonds. The number of carboxylic acid groups (broad SMARTS) is 1. The lowest BCUT2D eigenvalue weighted by Crippen LogP contribution is -2.00. The van der Waals surface area contributed by atoms with E-state index < -0.39 is 5.97 Å². The van der Waals surface area contributed by atoms with Crippen LogP contribution in [-0.2, 0) is 17.8 Å². The second kappa shape index (κ2) is 2.55. The zero-order valence-corrected chi connectivity index (χ0v) is 6.49. The Balaban J connectivity index is 2.27. The molecule has 0 saturated carbocycles. The molecule has 0 aliphatic carbocycles. The van der Waals surface area contributed by atoms with Gasteiger partial charge in [-0.2, -0.15) is 0 Å². The number of fused-ring (bicyclic) bond motifs is 1. The Labute approximate surface area is 69.4 Å². The molecular weight excluding hydrogens is 158 g/mol. The van der Waals surface area contributed by atoms with Gasteiger partial charge in [-0.25, -0.2) is 0 Å². The van der Waals surface area contributed by atoms with Crippen LogP contribution in [0.2, 0.25) is 0 Å². The Morgan fingerprint density at radius 3 is 3.33 bits per heavy atom. The molecule has 0 unspecified atom stereocenters. The number of ether oxygens (including phenoxy) is 1. The fourth-order valence-electron chi connectivity index (χ4n) is 1.39. The molecule has 0 saturated heterocycles. The summed E-state index contributed by atoms with van der Waals surface area (Å²) in [4.78, 5) is 10.4. The van der Waals surface area contributed by atoms with Gasteiger partial charge in [-0.3, -0.25) is 4.79 Å². The zero-order valence-electron chi connectivity index (χ0n) is 6.49. The summed E-state index contributed by atoms with van der Waals surface area (Å²) in [5.74, 6) is -0.100. The second-order valence-corrected chi connectivity index (χ2v) is 2.76. The van der Waals surface area contributed by atoms with Gasteiger partial charge in [0.1, 0.15) is 6.61 Å². The van der Waals surface area contributed by atoms with E-state index in [1.807, 2.05) is 10.8 Å². The second-order valence-electron chi connectivity index (χ2n) is 2.76. The van der Waals surface area contributed by atoms with E-state index in [4.69, 9.17) is 9.84 Å². The lowest BCUT2D eigenvalue weighted by Gasteiger charge is -1.97. The summed E-state index contributed by atoms with van der Waals surface area (Å²) in [5.41, 5.74) is 0.764. The van der Waals surface area contributed by atoms with E-state index in [2.05, 4.69) is 0 Å². The molecule has 1 aliphatic rings. The molecule has 0 bridgehead atoms. The normalized spacial score (nSPS) is 14.0. The minimum absolute atomic E-state index is 0.0440. The number of carboxylic acids is 1. The Hall–Kier alpha value is -1.45. The molecule has 1 aromatic rings. The molecule has 1 aliphatic heterocycles. The van der Waals surface area contributed by atoms with Crippen molar-refractivity contribution in [3.63, 3.8) is 0 Å². The molecular formula is C8H9NO3. The third-order valence-electron chi connectivity index (χ3n) is 1.90. The Morgan fingerprint density at radius 2 is 2.58 bits per heavy atom. The van der Waals surface area contributed by atoms with E-state index in [9.17, 15) is 4.79 Å². The Kier molecular flexibility index (Phi) is 1.53. The maximum absolute atomic E-state index is 10.4. The first-order valence-corrected chi connectivity index (χ1v) is 3.80. The molecule has 0 radical (unpaired) electrons. The first-order valence-electron chi connectivity index (χ1n) is 3.80. The average molecular weight is 167 g/mol. The van der Waals surface area contributed by atoms with Crippen LogP contribution in [0.1, 0.15) is 5.56 Å². The third kappa shape index (κ3) is 1.05. The van der Waals surface area contributed by atoms with Crippen LogP contribution in [0.15, 0.2) is 12.3 Å². The first-order chi connectivity index (χ1) is 5.77. The topological polar surface area (TPSA) is 51.5 Å². The fraction of sp³-hybridized carbons (Fsp3) is 0.375. The van der Waals surface area contributed by atoms with Gasteiger partial charge < -0.3 is 14.4 Å². The molecule has 64 valence electrons. The summed E-state index contributed by atoms with van der Waals surface area (Å²) in [5, 5.41) is 8.55. The predicted octanol–water partition coefficient (Wildman–Crippen LogP) is 0.508. The van der Waals surface area contributed by atoms with Crippen LogP contribution in [0.4, 0.5) is 0 Å². The highest BCUT2D eigenvalue weighted by atomic mass is 16.5. The van der Waals surface area contributed by atoms with E-state index in [1.54, 1.807) is 6.07 Å². The highest BCUT2D eigenvalue weighted by Gasteiger charge is 2.17. The highest BCUT2D eigenvalue weighted by molar-refractivity contribution is 5.71. The predicted molar refractivity (Wildman–Crippen MR) is 41.3 cm³/mol. The van der Waals surface area contributed by atoms with Crippen molar-refractivity contribution in [1.29, 1.82) is 0 Å². The van der Waals surface area contributed by atoms with E-state index in [0.717, 1.165) is 18.0 Å². The molecule has 0 atom stereocenters. The molecule has 2 rings (SSSR count). The van der Waals surface area contributed by atoms with Crippen LogP contribution in [0.3, 0.4) is 0 Å². The minimum atomic E-state index is -0.820. The Morgan fingerprint density at radius 1 is 1.75 bits per heavy atom. The third-order valence-corrected chi connectivity index (χ3v) is 1.90. The van der Waals surface area contributed by atoms with Gasteiger partial charge in [-0.05, 0) is 6.07 Å². The lowest BCUT2D eigenvalue weighted by molar-refractivity contribution is -0.136. The lowest BCUT2D eigenvalue weighted by atomic mass is 10.2. The van der Waals surface area contributed by atoms with Gasteiger partial charge in [-0.1, -0.05) is 0 Å². The summed E-state index contributed by atoms with van der Waals surface area (Å²) in [7, 11) is 0. The van der Waals surface area contributed by atoms with Crippen LogP contribution in [-0.4, -0.2) is 22.2 Å². The van der Waals surface area contributed by atoms with E-state index in [-0.39, 0.29) is 6.42 Å². The zero-order chi connectivity index (χ0) is 8.55. The molecule has 4 nitrogen and oxygen atoms in total. The van der Waals surface area contributed by atoms with E-state index >= 15 is 0 Å². The maximum Gasteiger partial charge on any atom is 0.308 e. The van der Waals surface area contributed by atoms with Crippen molar-refractivity contribution < 1.29 is 14.6 Å². The van der Waals surface area contributed by atoms with Crippen molar-refractivity contribution in [1.82, 2.24) is 4.57 Å². The summed E-state index contributed by atoms with van der Waals surface area (Å²) >= 11 is 0. The molecule has 12 heavy (non-hydrogen) atoms. The quantitative estimate of drug-likeness (QED) is 0.698. The number of aromatic nitrogens is 1. The van der Waals surface area contributed by atoms with Gasteiger partial charge in [0.05, 0.1) is 13.0 Å². The summed E-state index contributed by atoms with van der Waals surface area (Å²) < 4.78 is 7.20. The summed E-state index contributed by atoms with van der Waals surface area (Å²) in [6, 6.07) is 1.79. The van der Waals surface area contributed by atoms with Gasteiger partial charge >= 0.3 is 5.97 Å². The average Bonchev–Trinajstić information content (AvgIpc) is 2.52. The Bertz CT molecular complexity index is 316. The fourth-order valence-corrected chi connectivity index (χ4v) is 1.39. The first kappa shape index (κ1) is 7.21. The van der Waals surface area contributed by atoms with Crippen molar-refractivity contribution in [2.24, 2.45) is 0 Å². The summed E-state index contributed by atoms with van der Waals surface area (Å²) in [6.07, 6.45) is 1.91. The standard InChI is InChI=1S/C8H9NO3/c10-7(11)5-6-1-2-9-3-4-12-8(6)9/h1-2H,3-5H2,(H,10,11). The maximum atomic E-state index is 10.4. The van der Waals surface area contributed by atoms with Crippen LogP contribution in [0.25, 0.3) is 0 Å². The minimum Gasteiger partial charge on any atom is -0.481 e. The van der Waals surface area contributed by atoms with Crippen molar-refractivity contribution in [3.05, 3.63) is 17.8 Å². The number of nitrogens with zero attached hydrogens (tertiary/aromatic N) is 1. The van der Waals surface area contributed by atoms with Crippen molar-refractivity contribution in [3.8, 4) is 5.88 Å². The van der Waals surface area contributed by atoms with Gasteiger partial charge in [0, 0.05) is 11.8 Å². The molecule has 1 aromatic heterocycles. The molecule has 2 heterocycles. The largest absolute Gasteiger partial charge is 0.481 e. The van der Waals surface area contributed by atoms with Crippen molar-refractivity contribution in [2.45, 2.75) is 13.0 Å². The number of aliphatic carboxylic acids is 1. The smallest absolute Gasteiger partial charge is 0.308 e. The monoisotopic (exact) mass is 167 g/mol. The molecule has 1 N–H and O–H groups in total. The van der Waals surface area contributed by atoms with Crippen molar-refractivity contribution in [2.75, 3.05) is 6.61 Å². The van der Waals surface area contributed by atoms with E-state index in [1.165, 1.54) is 0 Å². The van der Waals surface area contributed by atoms with Crippen LogP contribution in [0, 0.1) is 0 Å². The number of rotatable bonds is 2. The SMILES string of the molecule is O=C(O)Cc1ccn2c1OCC2. The van der Waals surface area contributed by atoms with Gasteiger partial charge in [0.2, 0.25) is 0 Å². The molecule has 0 fully saturated rings.